The molecule has 1 aromatic carbocycles. The maximum absolute atomic E-state index is 13.2. The maximum atomic E-state index is 13.2. The third-order valence-electron chi connectivity index (χ3n) is 4.48. The number of primary amides is 1. The highest BCUT2D eigenvalue weighted by Gasteiger charge is 2.40. The molecule has 0 saturated carbocycles. The van der Waals surface area contributed by atoms with Gasteiger partial charge in [-0.1, -0.05) is 6.07 Å². The molecule has 6 nitrogen and oxygen atoms in total. The number of carbonyl (C=O) groups excluding carboxylic acids is 2. The van der Waals surface area contributed by atoms with Crippen molar-refractivity contribution in [2.24, 2.45) is 5.73 Å². The normalized spacial score (nSPS) is 19.6. The number of hydrogen-bond donors (Lipinski definition) is 1. The standard InChI is InChI=1S/C17H20FN2O4/c18-13-3-1-12(14(11-13)16(19)22)2-4-15(21)20-7-5-17(6-8-20)23-9-10-24-17/h1,3-4,11H,2,5-10H2,(H2,19,22). The first-order valence-corrected chi connectivity index (χ1v) is 7.97. The zero-order valence-electron chi connectivity index (χ0n) is 13.3. The summed E-state index contributed by atoms with van der Waals surface area (Å²) in [5.41, 5.74) is 5.89. The Labute approximate surface area is 139 Å². The van der Waals surface area contributed by atoms with Crippen molar-refractivity contribution in [2.45, 2.75) is 25.0 Å². The van der Waals surface area contributed by atoms with E-state index in [0.29, 0.717) is 44.7 Å². The minimum atomic E-state index is -0.708. The van der Waals surface area contributed by atoms with Crippen LogP contribution in [0.25, 0.3) is 0 Å². The zero-order chi connectivity index (χ0) is 17.2. The van der Waals surface area contributed by atoms with Gasteiger partial charge in [0.25, 0.3) is 0 Å². The summed E-state index contributed by atoms with van der Waals surface area (Å²) in [7, 11) is 0. The number of nitrogens with two attached hydrogens (primary N) is 1. The molecule has 1 aromatic rings. The fourth-order valence-electron chi connectivity index (χ4n) is 3.14. The number of likely N-dealkylation sites (tertiary alicyclic amines) is 1. The Morgan fingerprint density at radius 3 is 2.54 bits per heavy atom. The van der Waals surface area contributed by atoms with E-state index in [1.807, 2.05) is 0 Å². The first kappa shape index (κ1) is 16.9. The Bertz CT molecular complexity index is 633. The molecule has 3 rings (SSSR count). The van der Waals surface area contributed by atoms with Gasteiger partial charge in [0.1, 0.15) is 5.82 Å². The fraction of sp³-hybridized carbons (Fsp3) is 0.471. The molecule has 0 aliphatic carbocycles. The minimum absolute atomic E-state index is 0.101. The number of halogens is 1. The van der Waals surface area contributed by atoms with Crippen molar-refractivity contribution < 1.29 is 23.5 Å². The van der Waals surface area contributed by atoms with Gasteiger partial charge in [0.15, 0.2) is 5.79 Å². The lowest BCUT2D eigenvalue weighted by Crippen LogP contribution is -2.47. The van der Waals surface area contributed by atoms with E-state index in [2.05, 4.69) is 0 Å². The van der Waals surface area contributed by atoms with Crippen molar-refractivity contribution in [3.8, 4) is 0 Å². The molecule has 2 heterocycles. The molecule has 24 heavy (non-hydrogen) atoms. The Morgan fingerprint density at radius 1 is 1.25 bits per heavy atom. The largest absolute Gasteiger partial charge is 0.366 e. The highest BCUT2D eigenvalue weighted by Crippen LogP contribution is 2.31. The molecule has 0 aromatic heterocycles. The average Bonchev–Trinajstić information content (AvgIpc) is 3.02. The van der Waals surface area contributed by atoms with E-state index in [9.17, 15) is 14.0 Å². The van der Waals surface area contributed by atoms with Crippen LogP contribution in [-0.2, 0) is 20.7 Å². The lowest BCUT2D eigenvalue weighted by atomic mass is 10.00. The Morgan fingerprint density at radius 2 is 1.92 bits per heavy atom. The third kappa shape index (κ3) is 3.57. The number of amides is 2. The lowest BCUT2D eigenvalue weighted by Gasteiger charge is -2.37. The molecule has 2 aliphatic rings. The van der Waals surface area contributed by atoms with E-state index in [4.69, 9.17) is 15.2 Å². The van der Waals surface area contributed by atoms with E-state index in [-0.39, 0.29) is 17.9 Å². The van der Waals surface area contributed by atoms with Crippen molar-refractivity contribution in [1.29, 1.82) is 0 Å². The third-order valence-corrected chi connectivity index (χ3v) is 4.48. The molecule has 1 radical (unpaired) electrons. The molecular weight excluding hydrogens is 315 g/mol. The van der Waals surface area contributed by atoms with Gasteiger partial charge in [0.05, 0.1) is 19.6 Å². The van der Waals surface area contributed by atoms with E-state index in [1.54, 1.807) is 4.90 Å². The molecule has 0 bridgehead atoms. The van der Waals surface area contributed by atoms with Gasteiger partial charge in [-0.25, -0.2) is 4.39 Å². The second-order valence-electron chi connectivity index (χ2n) is 6.01. The predicted molar refractivity (Wildman–Crippen MR) is 83.4 cm³/mol. The molecule has 2 amide bonds. The van der Waals surface area contributed by atoms with Gasteiger partial charge in [-0.15, -0.1) is 0 Å². The van der Waals surface area contributed by atoms with Gasteiger partial charge in [-0.05, 0) is 24.1 Å². The molecule has 1 spiro atoms. The number of benzene rings is 1. The second kappa shape index (κ2) is 6.86. The molecule has 7 heteroatoms. The molecule has 2 aliphatic heterocycles. The van der Waals surface area contributed by atoms with Gasteiger partial charge in [0, 0.05) is 31.5 Å². The van der Waals surface area contributed by atoms with Gasteiger partial charge in [0.2, 0.25) is 11.8 Å². The van der Waals surface area contributed by atoms with Crippen LogP contribution >= 0.6 is 0 Å². The molecule has 129 valence electrons. The quantitative estimate of drug-likeness (QED) is 0.891. The van der Waals surface area contributed by atoms with E-state index in [1.165, 1.54) is 18.6 Å². The average molecular weight is 335 g/mol. The van der Waals surface area contributed by atoms with Crippen molar-refractivity contribution in [1.82, 2.24) is 4.90 Å². The summed E-state index contributed by atoms with van der Waals surface area (Å²) < 4.78 is 24.5. The van der Waals surface area contributed by atoms with Crippen molar-refractivity contribution in [2.75, 3.05) is 26.3 Å². The Hall–Kier alpha value is -1.99. The Balaban J connectivity index is 1.56. The summed E-state index contributed by atoms with van der Waals surface area (Å²) in [6, 6.07) is 3.82. The van der Waals surface area contributed by atoms with Crippen LogP contribution in [0.5, 0.6) is 0 Å². The molecule has 2 N–H and O–H groups in total. The van der Waals surface area contributed by atoms with E-state index >= 15 is 0 Å². The van der Waals surface area contributed by atoms with Crippen LogP contribution < -0.4 is 5.73 Å². The number of piperidine rings is 1. The number of nitrogens with zero attached hydrogens (tertiary/aromatic N) is 1. The van der Waals surface area contributed by atoms with Gasteiger partial charge in [-0.2, -0.15) is 0 Å². The molecule has 0 unspecified atom stereocenters. The van der Waals surface area contributed by atoms with Crippen LogP contribution in [0.15, 0.2) is 18.2 Å². The van der Waals surface area contributed by atoms with Crippen LogP contribution in [0.2, 0.25) is 0 Å². The van der Waals surface area contributed by atoms with Gasteiger partial charge >= 0.3 is 0 Å². The van der Waals surface area contributed by atoms with E-state index < -0.39 is 17.5 Å². The molecule has 2 fully saturated rings. The maximum Gasteiger partial charge on any atom is 0.249 e. The van der Waals surface area contributed by atoms with Crippen molar-refractivity contribution in [3.63, 3.8) is 0 Å². The van der Waals surface area contributed by atoms with Crippen molar-refractivity contribution >= 4 is 11.8 Å². The number of hydrogen-bond acceptors (Lipinski definition) is 4. The second-order valence-corrected chi connectivity index (χ2v) is 6.01. The topological polar surface area (TPSA) is 81.9 Å². The highest BCUT2D eigenvalue weighted by atomic mass is 19.1. The summed E-state index contributed by atoms with van der Waals surface area (Å²) in [5, 5.41) is 0. The van der Waals surface area contributed by atoms with Crippen LogP contribution in [0, 0.1) is 12.2 Å². The molecule has 2 saturated heterocycles. The van der Waals surface area contributed by atoms with Gasteiger partial charge < -0.3 is 20.1 Å². The first-order chi connectivity index (χ1) is 11.5. The highest BCUT2D eigenvalue weighted by molar-refractivity contribution is 5.95. The summed E-state index contributed by atoms with van der Waals surface area (Å²) >= 11 is 0. The SMILES string of the molecule is NC(=O)c1cc(F)ccc1C[CH]C(=O)N1CCC2(CC1)OCCO2. The number of ether oxygens (including phenoxy) is 2. The zero-order valence-corrected chi connectivity index (χ0v) is 13.3. The van der Waals surface area contributed by atoms with Crippen molar-refractivity contribution in [3.05, 3.63) is 41.6 Å². The summed E-state index contributed by atoms with van der Waals surface area (Å²) in [6.07, 6.45) is 3.02. The first-order valence-electron chi connectivity index (χ1n) is 7.97. The van der Waals surface area contributed by atoms with Gasteiger partial charge in [-0.3, -0.25) is 9.59 Å². The molecule has 0 atom stereocenters. The predicted octanol–water partition coefficient (Wildman–Crippen LogP) is 1.04. The molecular formula is C17H20FN2O4. The smallest absolute Gasteiger partial charge is 0.249 e. The lowest BCUT2D eigenvalue weighted by molar-refractivity contribution is -0.186. The minimum Gasteiger partial charge on any atom is -0.366 e. The monoisotopic (exact) mass is 335 g/mol. The summed E-state index contributed by atoms with van der Waals surface area (Å²) in [6.45, 7) is 2.31. The van der Waals surface area contributed by atoms with Crippen LogP contribution in [0.1, 0.15) is 28.8 Å². The Kier molecular flexibility index (Phi) is 4.82. The van der Waals surface area contributed by atoms with Crippen LogP contribution in [0.4, 0.5) is 4.39 Å². The number of rotatable bonds is 4. The summed E-state index contributed by atoms with van der Waals surface area (Å²) in [5.74, 6) is -1.88. The summed E-state index contributed by atoms with van der Waals surface area (Å²) in [4.78, 5) is 25.4. The fourth-order valence-corrected chi connectivity index (χ4v) is 3.14. The van der Waals surface area contributed by atoms with E-state index in [0.717, 1.165) is 6.07 Å². The number of carbonyl (C=O) groups is 2. The van der Waals surface area contributed by atoms with Crippen LogP contribution in [0.3, 0.4) is 0 Å². The van der Waals surface area contributed by atoms with Crippen LogP contribution in [-0.4, -0.2) is 48.8 Å².